The summed E-state index contributed by atoms with van der Waals surface area (Å²) in [4.78, 5) is 12.5. The van der Waals surface area contributed by atoms with Gasteiger partial charge in [0.15, 0.2) is 12.0 Å². The fraction of sp³-hybridized carbons (Fsp3) is 0.545. The van der Waals surface area contributed by atoms with Gasteiger partial charge in [0, 0.05) is 13.1 Å². The summed E-state index contributed by atoms with van der Waals surface area (Å²) in [5.41, 5.74) is 0. The maximum atomic E-state index is 11.8. The average molecular weight is 274 g/mol. The summed E-state index contributed by atoms with van der Waals surface area (Å²) >= 11 is 0. The predicted octanol–water partition coefficient (Wildman–Crippen LogP) is 0.712. The summed E-state index contributed by atoms with van der Waals surface area (Å²) in [5.74, 6) is -0.000817. The quantitative estimate of drug-likeness (QED) is 0.706. The third kappa shape index (κ3) is 3.94. The van der Waals surface area contributed by atoms with Gasteiger partial charge in [-0.3, -0.25) is 4.79 Å². The number of likely N-dealkylation sites (N-methyl/N-ethyl adjacent to an activating group) is 1. The Morgan fingerprint density at radius 1 is 1.33 bits per heavy atom. The zero-order valence-corrected chi connectivity index (χ0v) is 11.4. The van der Waals surface area contributed by atoms with Crippen LogP contribution in [0.4, 0.5) is 0 Å². The van der Waals surface area contributed by atoms with Gasteiger partial charge in [-0.1, -0.05) is 13.8 Å². The molecule has 0 aliphatic heterocycles. The van der Waals surface area contributed by atoms with Gasteiger partial charge in [0.1, 0.15) is 0 Å². The molecule has 0 radical (unpaired) electrons. The van der Waals surface area contributed by atoms with E-state index in [-0.39, 0.29) is 10.9 Å². The first kappa shape index (κ1) is 14.9. The average Bonchev–Trinajstić information content (AvgIpc) is 2.84. The van der Waals surface area contributed by atoms with Crippen LogP contribution in [-0.2, 0) is 10.0 Å². The molecule has 6 nitrogen and oxygen atoms in total. The van der Waals surface area contributed by atoms with E-state index in [9.17, 15) is 13.2 Å². The second kappa shape index (κ2) is 6.67. The second-order valence-electron chi connectivity index (χ2n) is 3.70. The third-order valence-corrected chi connectivity index (χ3v) is 3.93. The molecular weight excluding hydrogens is 256 g/mol. The molecule has 0 unspecified atom stereocenters. The molecule has 0 amide bonds. The molecule has 1 aromatic heterocycles. The fourth-order valence-corrected chi connectivity index (χ4v) is 2.45. The Bertz CT molecular complexity index is 477. The molecule has 0 bridgehead atoms. The van der Waals surface area contributed by atoms with Crippen molar-refractivity contribution in [2.75, 3.05) is 26.2 Å². The van der Waals surface area contributed by atoms with Gasteiger partial charge in [-0.15, -0.1) is 0 Å². The third-order valence-electron chi connectivity index (χ3n) is 2.60. The molecule has 1 rings (SSSR count). The molecule has 0 saturated carbocycles. The molecule has 0 saturated heterocycles. The van der Waals surface area contributed by atoms with Crippen molar-refractivity contribution in [2.24, 2.45) is 0 Å². The lowest BCUT2D eigenvalue weighted by atomic mass is 10.5. The second-order valence-corrected chi connectivity index (χ2v) is 5.40. The topological polar surface area (TPSA) is 79.6 Å². The first-order valence-electron chi connectivity index (χ1n) is 5.80. The highest BCUT2D eigenvalue weighted by Gasteiger charge is 2.18. The van der Waals surface area contributed by atoms with Crippen LogP contribution < -0.4 is 4.72 Å². The van der Waals surface area contributed by atoms with E-state index in [0.29, 0.717) is 19.4 Å². The molecule has 0 spiro atoms. The molecule has 0 aliphatic rings. The number of nitrogens with one attached hydrogen (secondary N) is 1. The fourth-order valence-electron chi connectivity index (χ4n) is 1.49. The van der Waals surface area contributed by atoms with Crippen LogP contribution in [-0.4, -0.2) is 45.8 Å². The SMILES string of the molecule is CCN(CC)CCNS(=O)(=O)c1ccc(C=O)o1. The van der Waals surface area contributed by atoms with Gasteiger partial charge >= 0.3 is 0 Å². The van der Waals surface area contributed by atoms with Crippen LogP contribution in [0.2, 0.25) is 0 Å². The number of aldehydes is 1. The number of furan rings is 1. The van der Waals surface area contributed by atoms with E-state index in [0.717, 1.165) is 13.1 Å². The number of rotatable bonds is 8. The Morgan fingerprint density at radius 2 is 2.00 bits per heavy atom. The Balaban J connectivity index is 2.57. The van der Waals surface area contributed by atoms with Gasteiger partial charge in [-0.25, -0.2) is 13.1 Å². The van der Waals surface area contributed by atoms with Crippen LogP contribution in [0.3, 0.4) is 0 Å². The van der Waals surface area contributed by atoms with Gasteiger partial charge in [0.25, 0.3) is 10.0 Å². The molecule has 1 N–H and O–H groups in total. The summed E-state index contributed by atoms with van der Waals surface area (Å²) in [5, 5.41) is -0.232. The van der Waals surface area contributed by atoms with Crippen molar-refractivity contribution in [1.82, 2.24) is 9.62 Å². The molecule has 102 valence electrons. The molecule has 0 fully saturated rings. The number of nitrogens with zero attached hydrogens (tertiary/aromatic N) is 1. The Hall–Kier alpha value is -1.18. The maximum Gasteiger partial charge on any atom is 0.274 e. The zero-order chi connectivity index (χ0) is 13.6. The van der Waals surface area contributed by atoms with Crippen molar-refractivity contribution in [3.8, 4) is 0 Å². The Morgan fingerprint density at radius 3 is 2.50 bits per heavy atom. The summed E-state index contributed by atoms with van der Waals surface area (Å²) < 4.78 is 30.9. The molecule has 0 atom stereocenters. The minimum absolute atomic E-state index is 0.000817. The van der Waals surface area contributed by atoms with E-state index < -0.39 is 10.0 Å². The highest BCUT2D eigenvalue weighted by molar-refractivity contribution is 7.89. The first-order valence-corrected chi connectivity index (χ1v) is 7.28. The first-order chi connectivity index (χ1) is 8.53. The lowest BCUT2D eigenvalue weighted by Crippen LogP contribution is -2.34. The minimum Gasteiger partial charge on any atom is -0.440 e. The van der Waals surface area contributed by atoms with E-state index in [1.807, 2.05) is 13.8 Å². The standard InChI is InChI=1S/C11H18N2O4S/c1-3-13(4-2)8-7-12-18(15,16)11-6-5-10(9-14)17-11/h5-6,9,12H,3-4,7-8H2,1-2H3. The van der Waals surface area contributed by atoms with E-state index in [4.69, 9.17) is 4.42 Å². The van der Waals surface area contributed by atoms with Gasteiger partial charge in [-0.05, 0) is 25.2 Å². The highest BCUT2D eigenvalue weighted by Crippen LogP contribution is 2.11. The predicted molar refractivity (Wildman–Crippen MR) is 67.1 cm³/mol. The molecule has 1 aromatic rings. The van der Waals surface area contributed by atoms with Crippen molar-refractivity contribution < 1.29 is 17.6 Å². The molecule has 0 aromatic carbocycles. The van der Waals surface area contributed by atoms with Crippen LogP contribution in [0, 0.1) is 0 Å². The lowest BCUT2D eigenvalue weighted by molar-refractivity contribution is 0.109. The smallest absolute Gasteiger partial charge is 0.274 e. The number of carbonyl (C=O) groups is 1. The lowest BCUT2D eigenvalue weighted by Gasteiger charge is -2.17. The molecule has 0 aliphatic carbocycles. The van der Waals surface area contributed by atoms with Gasteiger partial charge < -0.3 is 9.32 Å². The van der Waals surface area contributed by atoms with E-state index in [1.54, 1.807) is 0 Å². The summed E-state index contributed by atoms with van der Waals surface area (Å²) in [6, 6.07) is 2.59. The number of hydrogen-bond donors (Lipinski definition) is 1. The number of carbonyl (C=O) groups excluding carboxylic acids is 1. The monoisotopic (exact) mass is 274 g/mol. The van der Waals surface area contributed by atoms with E-state index >= 15 is 0 Å². The van der Waals surface area contributed by atoms with Crippen LogP contribution in [0.15, 0.2) is 21.6 Å². The highest BCUT2D eigenvalue weighted by atomic mass is 32.2. The molecule has 18 heavy (non-hydrogen) atoms. The van der Waals surface area contributed by atoms with Crippen LogP contribution >= 0.6 is 0 Å². The Kier molecular flexibility index (Phi) is 5.52. The molecule has 7 heteroatoms. The van der Waals surface area contributed by atoms with Crippen molar-refractivity contribution in [3.05, 3.63) is 17.9 Å². The summed E-state index contributed by atoms with van der Waals surface area (Å²) in [7, 11) is -3.66. The largest absolute Gasteiger partial charge is 0.440 e. The Labute approximate surface area is 107 Å². The number of hydrogen-bond acceptors (Lipinski definition) is 5. The van der Waals surface area contributed by atoms with E-state index in [1.165, 1.54) is 12.1 Å². The van der Waals surface area contributed by atoms with Crippen LogP contribution in [0.5, 0.6) is 0 Å². The summed E-state index contributed by atoms with van der Waals surface area (Å²) in [6.45, 7) is 6.71. The van der Waals surface area contributed by atoms with Gasteiger partial charge in [-0.2, -0.15) is 0 Å². The zero-order valence-electron chi connectivity index (χ0n) is 10.5. The van der Waals surface area contributed by atoms with Crippen LogP contribution in [0.25, 0.3) is 0 Å². The normalized spacial score (nSPS) is 11.9. The molecule has 1 heterocycles. The molecular formula is C11H18N2O4S. The van der Waals surface area contributed by atoms with Crippen molar-refractivity contribution >= 4 is 16.3 Å². The summed E-state index contributed by atoms with van der Waals surface area (Å²) in [6.07, 6.45) is 0.467. The van der Waals surface area contributed by atoms with Gasteiger partial charge in [0.05, 0.1) is 0 Å². The van der Waals surface area contributed by atoms with Crippen LogP contribution in [0.1, 0.15) is 24.4 Å². The van der Waals surface area contributed by atoms with Gasteiger partial charge in [0.2, 0.25) is 5.09 Å². The van der Waals surface area contributed by atoms with Crippen molar-refractivity contribution in [3.63, 3.8) is 0 Å². The van der Waals surface area contributed by atoms with Crippen molar-refractivity contribution in [2.45, 2.75) is 18.9 Å². The number of sulfonamides is 1. The van der Waals surface area contributed by atoms with Crippen molar-refractivity contribution in [1.29, 1.82) is 0 Å². The minimum atomic E-state index is -3.66. The maximum absolute atomic E-state index is 11.8. The van der Waals surface area contributed by atoms with E-state index in [2.05, 4.69) is 9.62 Å².